The fourth-order valence-electron chi connectivity index (χ4n) is 4.08. The van der Waals surface area contributed by atoms with Gasteiger partial charge in [0.15, 0.2) is 0 Å². The second-order valence-corrected chi connectivity index (χ2v) is 11.7. The first-order valence-corrected chi connectivity index (χ1v) is 14.5. The van der Waals surface area contributed by atoms with Crippen LogP contribution in [0.5, 0.6) is 0 Å². The average molecular weight is 513 g/mol. The molecule has 2 heterocycles. The maximum atomic E-state index is 11.8. The van der Waals surface area contributed by atoms with Crippen molar-refractivity contribution >= 4 is 39.0 Å². The lowest BCUT2D eigenvalue weighted by molar-refractivity contribution is 0.346. The molecule has 2 aromatic rings. The van der Waals surface area contributed by atoms with Crippen LogP contribution >= 0.6 is 11.8 Å². The number of nitrogens with zero attached hydrogens (tertiary/aromatic N) is 6. The summed E-state index contributed by atoms with van der Waals surface area (Å²) in [5.74, 6) is 1.20. The van der Waals surface area contributed by atoms with Gasteiger partial charge in [-0.1, -0.05) is 19.1 Å². The van der Waals surface area contributed by atoms with E-state index >= 15 is 0 Å². The number of rotatable bonds is 10. The van der Waals surface area contributed by atoms with Crippen molar-refractivity contribution in [2.75, 3.05) is 55.7 Å². The van der Waals surface area contributed by atoms with Gasteiger partial charge < -0.3 is 9.80 Å². The molecule has 1 fully saturated rings. The fraction of sp³-hybridized carbons (Fsp3) is 0.480. The highest BCUT2D eigenvalue weighted by atomic mass is 32.2. The molecule has 0 saturated carbocycles. The largest absolute Gasteiger partial charge is 0.367 e. The molecule has 0 unspecified atom stereocenters. The molecule has 0 radical (unpaired) electrons. The standard InChI is InChI=1S/C25H32N6O2S2/c1-6-21-22(17-26)25(34-18-19-9-11-20(12-10-19)30(4)35(5,32)33)28-24(23(21)27-2)29(3)15-16-31-13-7-8-14-31/h9-12H,6-8,13-16,18H2,1,3-5H3. The summed E-state index contributed by atoms with van der Waals surface area (Å²) in [6.45, 7) is 13.7. The quantitative estimate of drug-likeness (QED) is 0.347. The zero-order chi connectivity index (χ0) is 25.6. The van der Waals surface area contributed by atoms with Crippen molar-refractivity contribution in [1.29, 1.82) is 5.26 Å². The van der Waals surface area contributed by atoms with E-state index in [0.29, 0.717) is 40.0 Å². The molecular formula is C25H32N6O2S2. The second kappa shape index (κ2) is 11.8. The maximum absolute atomic E-state index is 11.8. The van der Waals surface area contributed by atoms with E-state index in [1.807, 2.05) is 31.0 Å². The smallest absolute Gasteiger partial charge is 0.232 e. The van der Waals surface area contributed by atoms with Gasteiger partial charge in [-0.3, -0.25) is 4.31 Å². The van der Waals surface area contributed by atoms with Crippen molar-refractivity contribution in [3.63, 3.8) is 0 Å². The summed E-state index contributed by atoms with van der Waals surface area (Å²) in [7, 11) is 0.165. The van der Waals surface area contributed by atoms with Gasteiger partial charge in [-0.25, -0.2) is 18.2 Å². The van der Waals surface area contributed by atoms with Crippen LogP contribution in [0.1, 0.15) is 36.5 Å². The van der Waals surface area contributed by atoms with Crippen LogP contribution < -0.4 is 9.21 Å². The summed E-state index contributed by atoms with van der Waals surface area (Å²) in [6, 6.07) is 9.59. The molecule has 1 aromatic carbocycles. The van der Waals surface area contributed by atoms with E-state index in [-0.39, 0.29) is 0 Å². The Hall–Kier alpha value is -2.79. The van der Waals surface area contributed by atoms with E-state index in [1.54, 1.807) is 12.1 Å². The minimum Gasteiger partial charge on any atom is -0.367 e. The molecule has 1 aromatic heterocycles. The molecule has 1 aliphatic heterocycles. The minimum absolute atomic E-state index is 0.463. The van der Waals surface area contributed by atoms with E-state index in [2.05, 4.69) is 15.8 Å². The van der Waals surface area contributed by atoms with E-state index in [4.69, 9.17) is 11.6 Å². The van der Waals surface area contributed by atoms with Gasteiger partial charge in [-0.2, -0.15) is 5.26 Å². The highest BCUT2D eigenvalue weighted by Crippen LogP contribution is 2.38. The highest BCUT2D eigenvalue weighted by molar-refractivity contribution is 7.98. The number of nitriles is 1. The molecule has 0 atom stereocenters. The molecule has 10 heteroatoms. The molecular weight excluding hydrogens is 480 g/mol. The topological polar surface area (TPSA) is 84.9 Å². The molecule has 35 heavy (non-hydrogen) atoms. The van der Waals surface area contributed by atoms with Crippen LogP contribution in [0.15, 0.2) is 29.3 Å². The Balaban J connectivity index is 1.84. The fourth-order valence-corrected chi connectivity index (χ4v) is 5.55. The summed E-state index contributed by atoms with van der Waals surface area (Å²) in [4.78, 5) is 13.0. The Labute approximate surface area is 213 Å². The van der Waals surface area contributed by atoms with Crippen molar-refractivity contribution in [3.05, 3.63) is 52.4 Å². The van der Waals surface area contributed by atoms with Crippen LogP contribution in [0.4, 0.5) is 17.2 Å². The van der Waals surface area contributed by atoms with E-state index < -0.39 is 10.0 Å². The summed E-state index contributed by atoms with van der Waals surface area (Å²) in [6.07, 6.45) is 4.22. The van der Waals surface area contributed by atoms with Crippen molar-refractivity contribution in [1.82, 2.24) is 9.88 Å². The zero-order valence-electron chi connectivity index (χ0n) is 20.8. The predicted molar refractivity (Wildman–Crippen MR) is 143 cm³/mol. The number of benzene rings is 1. The third-order valence-electron chi connectivity index (χ3n) is 6.28. The molecule has 1 saturated heterocycles. The van der Waals surface area contributed by atoms with Crippen molar-refractivity contribution in [2.24, 2.45) is 0 Å². The molecule has 186 valence electrons. The first-order valence-electron chi connectivity index (χ1n) is 11.6. The normalized spacial score (nSPS) is 13.9. The Morgan fingerprint density at radius 3 is 2.43 bits per heavy atom. The minimum atomic E-state index is -3.32. The lowest BCUT2D eigenvalue weighted by Crippen LogP contribution is -2.32. The number of hydrogen-bond acceptors (Lipinski definition) is 7. The Kier molecular flexibility index (Phi) is 9.01. The van der Waals surface area contributed by atoms with Gasteiger partial charge in [-0.15, -0.1) is 11.8 Å². The average Bonchev–Trinajstić information content (AvgIpc) is 3.37. The van der Waals surface area contributed by atoms with Gasteiger partial charge in [-0.05, 0) is 55.6 Å². The first kappa shape index (κ1) is 26.8. The van der Waals surface area contributed by atoms with Crippen molar-refractivity contribution < 1.29 is 8.42 Å². The number of sulfonamides is 1. The number of pyridine rings is 1. The van der Waals surface area contributed by atoms with Gasteiger partial charge in [0.25, 0.3) is 0 Å². The SMILES string of the molecule is [C-]#[N+]c1c(N(C)CCN2CCCC2)nc(SCc2ccc(N(C)S(C)(=O)=O)cc2)c(C#N)c1CC. The third-order valence-corrected chi connectivity index (χ3v) is 8.54. The molecule has 0 amide bonds. The lowest BCUT2D eigenvalue weighted by Gasteiger charge is -2.25. The maximum Gasteiger partial charge on any atom is 0.232 e. The van der Waals surface area contributed by atoms with Gasteiger partial charge in [0.2, 0.25) is 15.7 Å². The monoisotopic (exact) mass is 512 g/mol. The summed E-state index contributed by atoms with van der Waals surface area (Å²) in [5, 5.41) is 10.5. The Bertz CT molecular complexity index is 1230. The van der Waals surface area contributed by atoms with Gasteiger partial charge in [0.1, 0.15) is 16.9 Å². The summed E-state index contributed by atoms with van der Waals surface area (Å²) in [5.41, 5.74) is 3.25. The molecule has 8 nitrogen and oxygen atoms in total. The Morgan fingerprint density at radius 2 is 1.89 bits per heavy atom. The van der Waals surface area contributed by atoms with Gasteiger partial charge in [0.05, 0.1) is 24.1 Å². The lowest BCUT2D eigenvalue weighted by atomic mass is 10.1. The molecule has 0 aliphatic carbocycles. The number of aromatic nitrogens is 1. The number of likely N-dealkylation sites (tertiary alicyclic amines) is 1. The first-order chi connectivity index (χ1) is 16.7. The highest BCUT2D eigenvalue weighted by Gasteiger charge is 2.22. The summed E-state index contributed by atoms with van der Waals surface area (Å²) >= 11 is 1.46. The second-order valence-electron chi connectivity index (χ2n) is 8.68. The number of anilines is 2. The predicted octanol–water partition coefficient (Wildman–Crippen LogP) is 4.29. The molecule has 0 bridgehead atoms. The number of likely N-dealkylation sites (N-methyl/N-ethyl adjacent to an activating group) is 1. The van der Waals surface area contributed by atoms with Gasteiger partial charge in [0, 0.05) is 32.9 Å². The van der Waals surface area contributed by atoms with E-state index in [9.17, 15) is 13.7 Å². The van der Waals surface area contributed by atoms with Crippen LogP contribution in [0.25, 0.3) is 4.85 Å². The van der Waals surface area contributed by atoms with E-state index in [0.717, 1.165) is 37.3 Å². The molecule has 3 rings (SSSR count). The van der Waals surface area contributed by atoms with Crippen LogP contribution in [-0.4, -0.2) is 64.8 Å². The van der Waals surface area contributed by atoms with E-state index in [1.165, 1.54) is 42.2 Å². The van der Waals surface area contributed by atoms with Crippen LogP contribution in [0.3, 0.4) is 0 Å². The molecule has 1 aliphatic rings. The van der Waals surface area contributed by atoms with Crippen LogP contribution in [0.2, 0.25) is 0 Å². The number of hydrogen-bond donors (Lipinski definition) is 0. The van der Waals surface area contributed by atoms with Crippen LogP contribution in [0, 0.1) is 17.9 Å². The van der Waals surface area contributed by atoms with Crippen LogP contribution in [-0.2, 0) is 22.2 Å². The summed E-state index contributed by atoms with van der Waals surface area (Å²) < 4.78 is 24.8. The number of thioether (sulfide) groups is 1. The Morgan fingerprint density at radius 1 is 1.23 bits per heavy atom. The molecule has 0 N–H and O–H groups in total. The molecule has 0 spiro atoms. The zero-order valence-corrected chi connectivity index (χ0v) is 22.4. The van der Waals surface area contributed by atoms with Crippen molar-refractivity contribution in [2.45, 2.75) is 37.0 Å². The van der Waals surface area contributed by atoms with Gasteiger partial charge >= 0.3 is 0 Å². The third kappa shape index (κ3) is 6.46. The van der Waals surface area contributed by atoms with Crippen molar-refractivity contribution in [3.8, 4) is 6.07 Å².